The second-order valence-corrected chi connectivity index (χ2v) is 7.54. The molecular weight excluding hydrogens is 300 g/mol. The first kappa shape index (κ1) is 16.9. The Bertz CT molecular complexity index is 758. The van der Waals surface area contributed by atoms with Crippen molar-refractivity contribution in [2.45, 2.75) is 52.9 Å². The molecule has 0 spiro atoms. The predicted molar refractivity (Wildman–Crippen MR) is 96.2 cm³/mol. The number of fused-ring (bicyclic) bond motifs is 1. The molecule has 0 saturated heterocycles. The molecule has 24 heavy (non-hydrogen) atoms. The van der Waals surface area contributed by atoms with Crippen LogP contribution in [0.1, 0.15) is 67.7 Å². The van der Waals surface area contributed by atoms with Crippen LogP contribution >= 0.6 is 0 Å². The minimum absolute atomic E-state index is 0.00337. The molecule has 1 aliphatic carbocycles. The van der Waals surface area contributed by atoms with Gasteiger partial charge in [0.15, 0.2) is 5.65 Å². The van der Waals surface area contributed by atoms with Crippen molar-refractivity contribution < 1.29 is 4.79 Å². The molecule has 1 N–H and O–H groups in total. The first-order valence-electron chi connectivity index (χ1n) is 9.01. The minimum atomic E-state index is -0.00337. The third-order valence-electron chi connectivity index (χ3n) is 5.25. The van der Waals surface area contributed by atoms with Gasteiger partial charge in [-0.1, -0.05) is 20.8 Å². The van der Waals surface area contributed by atoms with E-state index in [4.69, 9.17) is 4.98 Å². The van der Waals surface area contributed by atoms with E-state index in [2.05, 4.69) is 31.2 Å². The average Bonchev–Trinajstić information content (AvgIpc) is 3.33. The van der Waals surface area contributed by atoms with E-state index in [9.17, 15) is 4.79 Å². The van der Waals surface area contributed by atoms with Crippen LogP contribution in [0.25, 0.3) is 11.0 Å². The van der Waals surface area contributed by atoms with Gasteiger partial charge in [-0.25, -0.2) is 4.98 Å². The Hall–Kier alpha value is -1.91. The molecular formula is C19H28N4O. The van der Waals surface area contributed by atoms with Gasteiger partial charge in [0.2, 0.25) is 0 Å². The number of nitrogens with one attached hydrogen (secondary N) is 1. The van der Waals surface area contributed by atoms with E-state index in [0.29, 0.717) is 24.3 Å². The molecule has 1 amide bonds. The van der Waals surface area contributed by atoms with E-state index >= 15 is 0 Å². The first-order valence-corrected chi connectivity index (χ1v) is 9.01. The van der Waals surface area contributed by atoms with E-state index in [0.717, 1.165) is 34.4 Å². The molecule has 0 bridgehead atoms. The quantitative estimate of drug-likeness (QED) is 0.882. The van der Waals surface area contributed by atoms with Crippen molar-refractivity contribution in [2.75, 3.05) is 6.54 Å². The second kappa shape index (κ2) is 6.54. The number of hydrogen-bond acceptors (Lipinski definition) is 3. The van der Waals surface area contributed by atoms with E-state index in [1.165, 1.54) is 12.8 Å². The highest BCUT2D eigenvalue weighted by Gasteiger charge is 2.28. The standard InChI is InChI=1S/C19H28N4O/c1-11(2)12(3)8-9-20-19(24)15-10-16(14-6-7-14)21-18-17(15)13(4)22-23(18)5/h10-12,14H,6-9H2,1-5H3,(H,20,24). The highest BCUT2D eigenvalue weighted by molar-refractivity contribution is 6.06. The largest absolute Gasteiger partial charge is 0.352 e. The Balaban J connectivity index is 1.85. The summed E-state index contributed by atoms with van der Waals surface area (Å²) in [7, 11) is 1.89. The number of carbonyl (C=O) groups excluding carboxylic acids is 1. The van der Waals surface area contributed by atoms with Gasteiger partial charge in [0.25, 0.3) is 5.91 Å². The molecule has 1 fully saturated rings. The van der Waals surface area contributed by atoms with Gasteiger partial charge >= 0.3 is 0 Å². The zero-order valence-corrected chi connectivity index (χ0v) is 15.4. The highest BCUT2D eigenvalue weighted by Crippen LogP contribution is 2.40. The summed E-state index contributed by atoms with van der Waals surface area (Å²) >= 11 is 0. The lowest BCUT2D eigenvalue weighted by molar-refractivity contribution is 0.0952. The van der Waals surface area contributed by atoms with Crippen LogP contribution in [0.3, 0.4) is 0 Å². The number of rotatable bonds is 6. The van der Waals surface area contributed by atoms with E-state index < -0.39 is 0 Å². The van der Waals surface area contributed by atoms with Gasteiger partial charge in [0.05, 0.1) is 16.6 Å². The minimum Gasteiger partial charge on any atom is -0.352 e. The van der Waals surface area contributed by atoms with Crippen molar-refractivity contribution in [3.63, 3.8) is 0 Å². The zero-order valence-electron chi connectivity index (χ0n) is 15.4. The molecule has 5 heteroatoms. The van der Waals surface area contributed by atoms with Crippen molar-refractivity contribution in [3.05, 3.63) is 23.0 Å². The number of hydrogen-bond donors (Lipinski definition) is 1. The summed E-state index contributed by atoms with van der Waals surface area (Å²) in [5, 5.41) is 8.44. The molecule has 2 aromatic heterocycles. The molecule has 3 rings (SSSR count). The topological polar surface area (TPSA) is 59.8 Å². The molecule has 1 unspecified atom stereocenters. The molecule has 0 aromatic carbocycles. The molecule has 0 aliphatic heterocycles. The van der Waals surface area contributed by atoms with Crippen molar-refractivity contribution in [1.29, 1.82) is 0 Å². The van der Waals surface area contributed by atoms with Crippen LogP contribution in [-0.2, 0) is 7.05 Å². The SMILES string of the molecule is Cc1nn(C)c2nc(C3CC3)cc(C(=O)NCCC(C)C(C)C)c12. The first-order chi connectivity index (χ1) is 11.4. The Kier molecular flexibility index (Phi) is 4.61. The summed E-state index contributed by atoms with van der Waals surface area (Å²) in [6.45, 7) is 9.33. The number of pyridine rings is 1. The molecule has 0 radical (unpaired) electrons. The number of amides is 1. The maximum atomic E-state index is 12.8. The van der Waals surface area contributed by atoms with Gasteiger partial charge in [0, 0.05) is 25.2 Å². The molecule has 1 atom stereocenters. The summed E-state index contributed by atoms with van der Waals surface area (Å²) in [5.41, 5.74) is 3.44. The summed E-state index contributed by atoms with van der Waals surface area (Å²) < 4.78 is 1.79. The summed E-state index contributed by atoms with van der Waals surface area (Å²) in [6.07, 6.45) is 3.34. The van der Waals surface area contributed by atoms with Crippen LogP contribution in [-0.4, -0.2) is 27.2 Å². The maximum Gasteiger partial charge on any atom is 0.252 e. The summed E-state index contributed by atoms with van der Waals surface area (Å²) in [5.74, 6) is 1.75. The van der Waals surface area contributed by atoms with Gasteiger partial charge in [-0.05, 0) is 44.1 Å². The lowest BCUT2D eigenvalue weighted by Crippen LogP contribution is -2.27. The van der Waals surface area contributed by atoms with Gasteiger partial charge < -0.3 is 5.32 Å². The molecule has 1 aliphatic rings. The lowest BCUT2D eigenvalue weighted by Gasteiger charge is -2.15. The van der Waals surface area contributed by atoms with Gasteiger partial charge in [-0.15, -0.1) is 0 Å². The third-order valence-corrected chi connectivity index (χ3v) is 5.25. The van der Waals surface area contributed by atoms with Gasteiger partial charge in [-0.2, -0.15) is 5.10 Å². The van der Waals surface area contributed by atoms with E-state index in [1.54, 1.807) is 4.68 Å². The fourth-order valence-electron chi connectivity index (χ4n) is 3.07. The second-order valence-electron chi connectivity index (χ2n) is 7.54. The van der Waals surface area contributed by atoms with Gasteiger partial charge in [0.1, 0.15) is 0 Å². The molecule has 2 heterocycles. The van der Waals surface area contributed by atoms with Crippen molar-refractivity contribution in [2.24, 2.45) is 18.9 Å². The Morgan fingerprint density at radius 3 is 2.71 bits per heavy atom. The lowest BCUT2D eigenvalue weighted by atomic mass is 9.95. The maximum absolute atomic E-state index is 12.8. The van der Waals surface area contributed by atoms with E-state index in [-0.39, 0.29) is 5.91 Å². The Labute approximate surface area is 143 Å². The molecule has 1 saturated carbocycles. The van der Waals surface area contributed by atoms with Crippen LogP contribution in [0.5, 0.6) is 0 Å². The third kappa shape index (κ3) is 3.30. The number of aromatic nitrogens is 3. The fourth-order valence-corrected chi connectivity index (χ4v) is 3.07. The van der Waals surface area contributed by atoms with Crippen molar-refractivity contribution in [1.82, 2.24) is 20.1 Å². The Morgan fingerprint density at radius 2 is 2.08 bits per heavy atom. The zero-order chi connectivity index (χ0) is 17.4. The number of nitrogens with zero attached hydrogens (tertiary/aromatic N) is 3. The van der Waals surface area contributed by atoms with Crippen molar-refractivity contribution >= 4 is 16.9 Å². The fraction of sp³-hybridized carbons (Fsp3) is 0.632. The molecule has 130 valence electrons. The highest BCUT2D eigenvalue weighted by atomic mass is 16.1. The smallest absolute Gasteiger partial charge is 0.252 e. The Morgan fingerprint density at radius 1 is 1.38 bits per heavy atom. The van der Waals surface area contributed by atoms with Crippen LogP contribution in [0.2, 0.25) is 0 Å². The van der Waals surface area contributed by atoms with Crippen LogP contribution < -0.4 is 5.32 Å². The molecule has 5 nitrogen and oxygen atoms in total. The average molecular weight is 328 g/mol. The van der Waals surface area contributed by atoms with Crippen LogP contribution in [0.15, 0.2) is 6.07 Å². The van der Waals surface area contributed by atoms with Crippen LogP contribution in [0, 0.1) is 18.8 Å². The van der Waals surface area contributed by atoms with E-state index in [1.807, 2.05) is 20.0 Å². The van der Waals surface area contributed by atoms with Crippen LogP contribution in [0.4, 0.5) is 0 Å². The predicted octanol–water partition coefficient (Wildman–Crippen LogP) is 3.57. The van der Waals surface area contributed by atoms with Crippen molar-refractivity contribution in [3.8, 4) is 0 Å². The normalized spacial score (nSPS) is 15.9. The molecule has 2 aromatic rings. The number of carbonyl (C=O) groups is 1. The number of aryl methyl sites for hydroxylation is 2. The monoisotopic (exact) mass is 328 g/mol. The summed E-state index contributed by atoms with van der Waals surface area (Å²) in [6, 6.07) is 1.98. The van der Waals surface area contributed by atoms with Gasteiger partial charge in [-0.3, -0.25) is 9.48 Å². The summed E-state index contributed by atoms with van der Waals surface area (Å²) in [4.78, 5) is 17.5.